The molecule has 6 heteroatoms. The van der Waals surface area contributed by atoms with E-state index in [1.54, 1.807) is 18.2 Å². The van der Waals surface area contributed by atoms with E-state index in [-0.39, 0.29) is 0 Å². The summed E-state index contributed by atoms with van der Waals surface area (Å²) in [6, 6.07) is 19.2. The van der Waals surface area contributed by atoms with Crippen LogP contribution in [0.4, 0.5) is 0 Å². The fourth-order valence-electron chi connectivity index (χ4n) is 4.02. The molecule has 1 heterocycles. The molecule has 3 aromatic carbocycles. The van der Waals surface area contributed by atoms with Gasteiger partial charge in [0.15, 0.2) is 6.61 Å². The maximum absolute atomic E-state index is 12.2. The van der Waals surface area contributed by atoms with E-state index in [9.17, 15) is 9.59 Å². The number of benzene rings is 3. The number of carbonyl (C=O) groups excluding carboxylic acids is 1. The Balaban J connectivity index is 2.02. The molecule has 6 nitrogen and oxygen atoms in total. The van der Waals surface area contributed by atoms with Gasteiger partial charge in [0.1, 0.15) is 5.75 Å². The number of nitrogens with zero attached hydrogens (tertiary/aromatic N) is 1. The molecule has 0 saturated heterocycles. The SMILES string of the molecule is CCc1ccccc1Cn1c2cccc(OCC(=O)O)c2c2c(C(N)=O)cccc21. The molecule has 0 fully saturated rings. The Morgan fingerprint density at radius 2 is 1.60 bits per heavy atom. The van der Waals surface area contributed by atoms with Gasteiger partial charge >= 0.3 is 5.97 Å². The number of hydrogen-bond donors (Lipinski definition) is 2. The largest absolute Gasteiger partial charge is 0.481 e. The van der Waals surface area contributed by atoms with Crippen LogP contribution >= 0.6 is 0 Å². The average Bonchev–Trinajstić information content (AvgIpc) is 3.07. The number of nitrogens with two attached hydrogens (primary N) is 1. The molecular formula is C24H22N2O4. The maximum Gasteiger partial charge on any atom is 0.341 e. The molecule has 30 heavy (non-hydrogen) atoms. The predicted molar refractivity (Wildman–Crippen MR) is 116 cm³/mol. The van der Waals surface area contributed by atoms with E-state index >= 15 is 0 Å². The zero-order valence-corrected chi connectivity index (χ0v) is 16.6. The molecule has 3 N–H and O–H groups in total. The minimum Gasteiger partial charge on any atom is -0.481 e. The van der Waals surface area contributed by atoms with Crippen LogP contribution in [0.1, 0.15) is 28.4 Å². The molecule has 1 aromatic heterocycles. The third-order valence-corrected chi connectivity index (χ3v) is 5.32. The van der Waals surface area contributed by atoms with Gasteiger partial charge in [0.25, 0.3) is 0 Å². The Morgan fingerprint density at radius 1 is 0.933 bits per heavy atom. The van der Waals surface area contributed by atoms with Crippen molar-refractivity contribution in [3.05, 3.63) is 77.4 Å². The summed E-state index contributed by atoms with van der Waals surface area (Å²) in [6.45, 7) is 2.26. The van der Waals surface area contributed by atoms with Gasteiger partial charge in [-0.3, -0.25) is 4.79 Å². The molecule has 4 aromatic rings. The lowest BCUT2D eigenvalue weighted by atomic mass is 10.0. The van der Waals surface area contributed by atoms with Gasteiger partial charge in [-0.15, -0.1) is 0 Å². The van der Waals surface area contributed by atoms with Crippen molar-refractivity contribution < 1.29 is 19.4 Å². The van der Waals surface area contributed by atoms with Gasteiger partial charge in [-0.1, -0.05) is 43.3 Å². The number of ether oxygens (including phenoxy) is 1. The van der Waals surface area contributed by atoms with Crippen molar-refractivity contribution in [1.29, 1.82) is 0 Å². The van der Waals surface area contributed by atoms with E-state index in [2.05, 4.69) is 23.6 Å². The molecule has 0 bridgehead atoms. The summed E-state index contributed by atoms with van der Waals surface area (Å²) in [5, 5.41) is 10.4. The smallest absolute Gasteiger partial charge is 0.341 e. The van der Waals surface area contributed by atoms with Crippen LogP contribution in [0.3, 0.4) is 0 Å². The van der Waals surface area contributed by atoms with Gasteiger partial charge in [0, 0.05) is 17.5 Å². The Bertz CT molecular complexity index is 1270. The van der Waals surface area contributed by atoms with E-state index in [0.717, 1.165) is 17.5 Å². The first-order chi connectivity index (χ1) is 14.5. The fraction of sp³-hybridized carbons (Fsp3) is 0.167. The van der Waals surface area contributed by atoms with Gasteiger partial charge in [-0.25, -0.2) is 4.79 Å². The number of rotatable bonds is 7. The van der Waals surface area contributed by atoms with E-state index < -0.39 is 18.5 Å². The molecule has 152 valence electrons. The summed E-state index contributed by atoms with van der Waals surface area (Å²) in [4.78, 5) is 23.2. The number of carbonyl (C=O) groups is 2. The molecular weight excluding hydrogens is 380 g/mol. The summed E-state index contributed by atoms with van der Waals surface area (Å²) in [7, 11) is 0. The standard InChI is InChI=1S/C24H22N2O4/c1-2-15-7-3-4-8-16(15)13-26-18-10-5-9-17(24(25)29)22(18)23-19(26)11-6-12-20(23)30-14-21(27)28/h3-12H,2,13-14H2,1H3,(H2,25,29)(H,27,28). The highest BCUT2D eigenvalue weighted by molar-refractivity contribution is 6.19. The zero-order chi connectivity index (χ0) is 21.3. The molecule has 0 unspecified atom stereocenters. The van der Waals surface area contributed by atoms with Crippen LogP contribution in [-0.2, 0) is 17.8 Å². The van der Waals surface area contributed by atoms with Crippen LogP contribution in [0.15, 0.2) is 60.7 Å². The van der Waals surface area contributed by atoms with Crippen LogP contribution < -0.4 is 10.5 Å². The lowest BCUT2D eigenvalue weighted by Crippen LogP contribution is -2.11. The maximum atomic E-state index is 12.2. The van der Waals surface area contributed by atoms with E-state index in [4.69, 9.17) is 15.6 Å². The van der Waals surface area contributed by atoms with Crippen molar-refractivity contribution in [3.63, 3.8) is 0 Å². The van der Waals surface area contributed by atoms with Gasteiger partial charge in [-0.2, -0.15) is 0 Å². The summed E-state index contributed by atoms with van der Waals surface area (Å²) < 4.78 is 7.69. The molecule has 0 aliphatic rings. The fourth-order valence-corrected chi connectivity index (χ4v) is 4.02. The number of amides is 1. The molecule has 1 amide bonds. The number of hydrogen-bond acceptors (Lipinski definition) is 3. The molecule has 0 radical (unpaired) electrons. The normalized spacial score (nSPS) is 11.1. The van der Waals surface area contributed by atoms with Gasteiger partial charge in [0.05, 0.1) is 16.4 Å². The van der Waals surface area contributed by atoms with Crippen LogP contribution in [0.2, 0.25) is 0 Å². The highest BCUT2D eigenvalue weighted by Gasteiger charge is 2.20. The molecule has 0 aliphatic heterocycles. The monoisotopic (exact) mass is 402 g/mol. The molecule has 4 rings (SSSR count). The van der Waals surface area contributed by atoms with Crippen LogP contribution in [0, 0.1) is 0 Å². The number of carboxylic acids is 1. The minimum absolute atomic E-state index is 0.381. The molecule has 0 aliphatic carbocycles. The summed E-state index contributed by atoms with van der Waals surface area (Å²) >= 11 is 0. The third kappa shape index (κ3) is 3.37. The van der Waals surface area contributed by atoms with E-state index in [1.807, 2.05) is 30.3 Å². The first-order valence-corrected chi connectivity index (χ1v) is 9.76. The first-order valence-electron chi connectivity index (χ1n) is 9.76. The van der Waals surface area contributed by atoms with Crippen molar-refractivity contribution in [2.75, 3.05) is 6.61 Å². The number of primary amides is 1. The van der Waals surface area contributed by atoms with E-state index in [0.29, 0.717) is 28.6 Å². The number of carboxylic acid groups (broad SMARTS) is 1. The number of aryl methyl sites for hydroxylation is 1. The Morgan fingerprint density at radius 3 is 2.27 bits per heavy atom. The Labute approximate surface area is 173 Å². The first kappa shape index (κ1) is 19.5. The second-order valence-corrected chi connectivity index (χ2v) is 7.11. The molecule has 0 atom stereocenters. The van der Waals surface area contributed by atoms with Gasteiger partial charge in [-0.05, 0) is 41.8 Å². The van der Waals surface area contributed by atoms with Crippen LogP contribution in [-0.4, -0.2) is 28.2 Å². The average molecular weight is 402 g/mol. The predicted octanol–water partition coefficient (Wildman–Crippen LogP) is 3.97. The molecule has 0 saturated carbocycles. The number of aliphatic carboxylic acids is 1. The minimum atomic E-state index is -1.07. The van der Waals surface area contributed by atoms with Crippen molar-refractivity contribution >= 4 is 33.7 Å². The Hall–Kier alpha value is -3.80. The third-order valence-electron chi connectivity index (χ3n) is 5.32. The Kier molecular flexibility index (Phi) is 5.14. The summed E-state index contributed by atoms with van der Waals surface area (Å²) in [6.07, 6.45) is 0.910. The summed E-state index contributed by atoms with van der Waals surface area (Å²) in [5.74, 6) is -1.19. The van der Waals surface area contributed by atoms with Crippen molar-refractivity contribution in [3.8, 4) is 5.75 Å². The van der Waals surface area contributed by atoms with Gasteiger partial charge in [0.2, 0.25) is 5.91 Å². The highest BCUT2D eigenvalue weighted by atomic mass is 16.5. The number of aromatic nitrogens is 1. The van der Waals surface area contributed by atoms with Crippen molar-refractivity contribution in [2.45, 2.75) is 19.9 Å². The molecule has 0 spiro atoms. The zero-order valence-electron chi connectivity index (χ0n) is 16.6. The van der Waals surface area contributed by atoms with Gasteiger partial charge < -0.3 is 20.1 Å². The quantitative estimate of drug-likeness (QED) is 0.489. The van der Waals surface area contributed by atoms with Crippen molar-refractivity contribution in [2.24, 2.45) is 5.73 Å². The second kappa shape index (κ2) is 7.91. The topological polar surface area (TPSA) is 94.6 Å². The highest BCUT2D eigenvalue weighted by Crippen LogP contribution is 2.38. The lowest BCUT2D eigenvalue weighted by molar-refractivity contribution is -0.139. The lowest BCUT2D eigenvalue weighted by Gasteiger charge is -2.12. The van der Waals surface area contributed by atoms with Crippen molar-refractivity contribution in [1.82, 2.24) is 4.57 Å². The van der Waals surface area contributed by atoms with Crippen LogP contribution in [0.25, 0.3) is 21.8 Å². The summed E-state index contributed by atoms with van der Waals surface area (Å²) in [5.41, 5.74) is 10.2. The van der Waals surface area contributed by atoms with E-state index in [1.165, 1.54) is 11.1 Å². The number of fused-ring (bicyclic) bond motifs is 3. The van der Waals surface area contributed by atoms with Crippen LogP contribution in [0.5, 0.6) is 5.75 Å². The second-order valence-electron chi connectivity index (χ2n) is 7.11.